The minimum atomic E-state index is -0.903. The molecule has 68 heavy (non-hydrogen) atoms. The molecule has 9 atom stereocenters. The first kappa shape index (κ1) is 49.8. The molecule has 3 heterocycles. The van der Waals surface area contributed by atoms with Crippen LogP contribution >= 0.6 is 0 Å². The van der Waals surface area contributed by atoms with Gasteiger partial charge in [-0.25, -0.2) is 4.79 Å². The summed E-state index contributed by atoms with van der Waals surface area (Å²) in [5.41, 5.74) is 6.55. The van der Waals surface area contributed by atoms with E-state index in [4.69, 9.17) is 28.4 Å². The zero-order valence-corrected chi connectivity index (χ0v) is 39.9. The van der Waals surface area contributed by atoms with Crippen LogP contribution in [0.15, 0.2) is 109 Å². The smallest absolute Gasteiger partial charge is 0.407 e. The van der Waals surface area contributed by atoms with Crippen molar-refractivity contribution in [1.82, 2.24) is 10.6 Å². The number of carbonyl (C=O) groups excluding carboxylic acids is 5. The first-order valence-electron chi connectivity index (χ1n) is 23.7. The number of alkyl carbamates (subject to hydrolysis) is 1. The number of hydrogen-bond donors (Lipinski definition) is 3. The Morgan fingerprint density at radius 1 is 0.882 bits per heavy atom. The van der Waals surface area contributed by atoms with Gasteiger partial charge in [-0.2, -0.15) is 0 Å². The maximum Gasteiger partial charge on any atom is 0.407 e. The Bertz CT molecular complexity index is 2340. The van der Waals surface area contributed by atoms with Crippen LogP contribution in [-0.4, -0.2) is 98.4 Å². The molecular weight excluding hydrogens is 867 g/mol. The van der Waals surface area contributed by atoms with E-state index < -0.39 is 30.1 Å². The van der Waals surface area contributed by atoms with Crippen molar-refractivity contribution in [1.29, 1.82) is 0 Å². The molecule has 3 N–H and O–H groups in total. The summed E-state index contributed by atoms with van der Waals surface area (Å²) < 4.78 is 34.3. The number of carbonyl (C=O) groups is 5. The molecule has 1 spiro atoms. The van der Waals surface area contributed by atoms with Crippen LogP contribution in [0.2, 0.25) is 0 Å². The molecule has 0 aromatic heterocycles. The molecule has 0 unspecified atom stereocenters. The Kier molecular flexibility index (Phi) is 16.7. The molecule has 7 rings (SSSR count). The summed E-state index contributed by atoms with van der Waals surface area (Å²) in [6, 6.07) is 22.2. The maximum absolute atomic E-state index is 13.2. The standard InChI is InChI=1S/C54H65N3O11/c1-33(19-23-39-29-54(32-65-54)30-40(68-39)28-51(60)63-6)20-24-48-34(2)27-47(37(5)67-48)56-49(58)25-21-35(3)66-50(59)26-22-38-13-7-12-18-46(38)57-52(61)36(4)55-53(62)64-31-45-43-16-10-8-14-41(43)42-15-9-11-17-44(42)45/h7-21,23,25,34-37,39-40,45,47-48H,22,24,26-32H2,1-6H3,(H,55,62)(H,56,58)(H,57,61)/b23-19+,25-21-,33-20+/t34-,35-,36-,37+,39+,40+,47+,48-,54-/m0/s1. The number of epoxide rings is 1. The second-order valence-corrected chi connectivity index (χ2v) is 18.6. The first-order chi connectivity index (χ1) is 32.7. The van der Waals surface area contributed by atoms with Gasteiger partial charge in [-0.15, -0.1) is 0 Å². The minimum Gasteiger partial charge on any atom is -0.469 e. The summed E-state index contributed by atoms with van der Waals surface area (Å²) in [5.74, 6) is -1.41. The third kappa shape index (κ3) is 13.3. The van der Waals surface area contributed by atoms with Crippen molar-refractivity contribution in [2.24, 2.45) is 5.92 Å². The topological polar surface area (TPSA) is 180 Å². The molecule has 14 heteroatoms. The number of methoxy groups -OCH3 is 1. The van der Waals surface area contributed by atoms with E-state index in [-0.39, 0.29) is 85.6 Å². The van der Waals surface area contributed by atoms with E-state index in [9.17, 15) is 24.0 Å². The van der Waals surface area contributed by atoms with Crippen LogP contribution in [0, 0.1) is 5.92 Å². The number of fused-ring (bicyclic) bond motifs is 3. The second-order valence-electron chi connectivity index (χ2n) is 18.6. The third-order valence-corrected chi connectivity index (χ3v) is 13.3. The Labute approximate surface area is 399 Å². The van der Waals surface area contributed by atoms with Gasteiger partial charge in [-0.05, 0) is 92.8 Å². The van der Waals surface area contributed by atoms with Crippen molar-refractivity contribution in [3.05, 3.63) is 125 Å². The Morgan fingerprint density at radius 2 is 1.57 bits per heavy atom. The van der Waals surface area contributed by atoms with Gasteiger partial charge in [0.2, 0.25) is 11.8 Å². The zero-order valence-electron chi connectivity index (χ0n) is 39.9. The highest BCUT2D eigenvalue weighted by Gasteiger charge is 2.51. The molecule has 1 aliphatic carbocycles. The lowest BCUT2D eigenvalue weighted by Gasteiger charge is -2.39. The SMILES string of the molecule is COC(=O)C[C@@H]1C[C@]2(CO2)C[C@@H](/C=C/C(C)=C/C[C@@H]2O[C@H](C)[C@H](NC(=O)/C=C\[C@H](C)OC(=O)CCc3ccccc3NC(=O)[C@H](C)NC(=O)OCC3c4ccccc4-c4ccccc43)C[C@@H]2C)O1. The number of rotatable bonds is 18. The molecular formula is C54H65N3O11. The van der Waals surface area contributed by atoms with Crippen LogP contribution in [0.5, 0.6) is 0 Å². The fraction of sp³-hybridized carbons (Fsp3) is 0.463. The summed E-state index contributed by atoms with van der Waals surface area (Å²) in [7, 11) is 1.38. The van der Waals surface area contributed by atoms with Gasteiger partial charge >= 0.3 is 18.0 Å². The third-order valence-electron chi connectivity index (χ3n) is 13.3. The molecule has 0 radical (unpaired) electrons. The summed E-state index contributed by atoms with van der Waals surface area (Å²) >= 11 is 0. The second kappa shape index (κ2) is 22.8. The van der Waals surface area contributed by atoms with Gasteiger partial charge in [0, 0.05) is 36.9 Å². The van der Waals surface area contributed by atoms with E-state index in [1.165, 1.54) is 13.2 Å². The number of nitrogens with one attached hydrogen (secondary N) is 3. The Balaban J connectivity index is 0.797. The normalized spacial score (nSPS) is 25.2. The van der Waals surface area contributed by atoms with E-state index in [2.05, 4.69) is 41.1 Å². The molecule has 3 aromatic rings. The van der Waals surface area contributed by atoms with Crippen molar-refractivity contribution in [3.63, 3.8) is 0 Å². The number of benzene rings is 3. The van der Waals surface area contributed by atoms with Crippen LogP contribution in [0.3, 0.4) is 0 Å². The van der Waals surface area contributed by atoms with Crippen molar-refractivity contribution in [2.45, 2.75) is 134 Å². The van der Waals surface area contributed by atoms with Gasteiger partial charge in [0.25, 0.3) is 0 Å². The van der Waals surface area contributed by atoms with E-state index in [1.54, 1.807) is 32.1 Å². The van der Waals surface area contributed by atoms with Crippen molar-refractivity contribution >= 4 is 35.5 Å². The van der Waals surface area contributed by atoms with E-state index in [1.807, 2.05) is 74.5 Å². The molecule has 3 aromatic carbocycles. The van der Waals surface area contributed by atoms with Crippen LogP contribution in [0.1, 0.15) is 95.8 Å². The minimum absolute atomic E-state index is 0.0134. The van der Waals surface area contributed by atoms with Gasteiger partial charge in [-0.3, -0.25) is 19.2 Å². The maximum atomic E-state index is 13.2. The number of allylic oxidation sites excluding steroid dienone is 2. The van der Waals surface area contributed by atoms with Crippen LogP contribution in [0.25, 0.3) is 11.1 Å². The van der Waals surface area contributed by atoms with Crippen LogP contribution in [0.4, 0.5) is 10.5 Å². The zero-order chi connectivity index (χ0) is 48.4. The Morgan fingerprint density at radius 3 is 2.28 bits per heavy atom. The number of anilines is 1. The quantitative estimate of drug-likeness (QED) is 0.0370. The summed E-state index contributed by atoms with van der Waals surface area (Å²) in [5, 5.41) is 8.55. The van der Waals surface area contributed by atoms with Gasteiger partial charge in [0.15, 0.2) is 0 Å². The number of para-hydroxylation sites is 1. The summed E-state index contributed by atoms with van der Waals surface area (Å²) in [6.45, 7) is 10.2. The summed E-state index contributed by atoms with van der Waals surface area (Å²) in [4.78, 5) is 63.8. The van der Waals surface area contributed by atoms with Crippen molar-refractivity contribution in [3.8, 4) is 11.1 Å². The highest BCUT2D eigenvalue weighted by molar-refractivity contribution is 5.97. The highest BCUT2D eigenvalue weighted by atomic mass is 16.6. The van der Waals surface area contributed by atoms with Crippen molar-refractivity contribution in [2.75, 3.05) is 25.6 Å². The number of esters is 2. The molecule has 3 aliphatic heterocycles. The molecule has 14 nitrogen and oxygen atoms in total. The van der Waals surface area contributed by atoms with Gasteiger partial charge in [0.1, 0.15) is 18.8 Å². The number of hydrogen-bond acceptors (Lipinski definition) is 11. The molecule has 0 saturated carbocycles. The lowest BCUT2D eigenvalue weighted by atomic mass is 9.88. The summed E-state index contributed by atoms with van der Waals surface area (Å²) in [6.07, 6.45) is 10.7. The number of amides is 3. The van der Waals surface area contributed by atoms with Gasteiger partial charge in [0.05, 0.1) is 56.2 Å². The first-order valence-corrected chi connectivity index (χ1v) is 23.7. The van der Waals surface area contributed by atoms with Gasteiger partial charge in [-0.1, -0.05) is 97.5 Å². The fourth-order valence-corrected chi connectivity index (χ4v) is 9.37. The number of ether oxygens (including phenoxy) is 6. The van der Waals surface area contributed by atoms with E-state index in [0.29, 0.717) is 18.7 Å². The van der Waals surface area contributed by atoms with Crippen LogP contribution < -0.4 is 16.0 Å². The molecule has 0 bridgehead atoms. The monoisotopic (exact) mass is 931 g/mol. The lowest BCUT2D eigenvalue weighted by molar-refractivity contribution is -0.147. The molecule has 362 valence electrons. The van der Waals surface area contributed by atoms with E-state index >= 15 is 0 Å². The predicted octanol–water partition coefficient (Wildman–Crippen LogP) is 8.04. The molecule has 3 fully saturated rings. The van der Waals surface area contributed by atoms with Crippen molar-refractivity contribution < 1.29 is 52.4 Å². The van der Waals surface area contributed by atoms with Crippen LogP contribution in [-0.2, 0) is 54.0 Å². The van der Waals surface area contributed by atoms with Gasteiger partial charge < -0.3 is 44.4 Å². The average Bonchev–Trinajstić information content (AvgIpc) is 3.98. The van der Waals surface area contributed by atoms with E-state index in [0.717, 1.165) is 52.7 Å². The largest absolute Gasteiger partial charge is 0.469 e. The Hall–Kier alpha value is -6.09. The molecule has 3 amide bonds. The number of aryl methyl sites for hydroxylation is 1. The predicted molar refractivity (Wildman–Crippen MR) is 257 cm³/mol. The average molecular weight is 932 g/mol. The fourth-order valence-electron chi connectivity index (χ4n) is 9.37. The lowest BCUT2D eigenvalue weighted by Crippen LogP contribution is -2.50. The molecule has 3 saturated heterocycles. The molecule has 4 aliphatic rings. The highest BCUT2D eigenvalue weighted by Crippen LogP contribution is 2.45.